The smallest absolute Gasteiger partial charge is 0.276 e. The number of amides is 1. The SMILES string of the molecule is O=C(Nc1ccc2nc(N3CCCC3)sc2c1)c1cc(-c2cccs2)[nH]n1. The lowest BCUT2D eigenvalue weighted by atomic mass is 10.2. The van der Waals surface area contributed by atoms with Gasteiger partial charge in [-0.2, -0.15) is 5.10 Å². The molecule has 0 saturated carbocycles. The number of anilines is 2. The predicted octanol–water partition coefficient (Wildman–Crippen LogP) is 4.60. The molecule has 0 unspecified atom stereocenters. The summed E-state index contributed by atoms with van der Waals surface area (Å²) < 4.78 is 1.08. The second-order valence-electron chi connectivity index (χ2n) is 6.47. The van der Waals surface area contributed by atoms with Crippen molar-refractivity contribution in [3.8, 4) is 10.6 Å². The van der Waals surface area contributed by atoms with E-state index in [1.54, 1.807) is 28.7 Å². The summed E-state index contributed by atoms with van der Waals surface area (Å²) in [6, 6.07) is 11.6. The highest BCUT2D eigenvalue weighted by Gasteiger charge is 2.17. The molecular formula is C19H17N5OS2. The highest BCUT2D eigenvalue weighted by atomic mass is 32.1. The Morgan fingerprint density at radius 1 is 1.19 bits per heavy atom. The fourth-order valence-corrected chi connectivity index (χ4v) is 4.97. The number of thiazole rings is 1. The highest BCUT2D eigenvalue weighted by Crippen LogP contribution is 2.32. The van der Waals surface area contributed by atoms with Gasteiger partial charge in [0.25, 0.3) is 5.91 Å². The third kappa shape index (κ3) is 3.22. The van der Waals surface area contributed by atoms with Gasteiger partial charge in [0.2, 0.25) is 0 Å². The Hall–Kier alpha value is -2.71. The van der Waals surface area contributed by atoms with Crippen LogP contribution in [0, 0.1) is 0 Å². The molecule has 1 fully saturated rings. The summed E-state index contributed by atoms with van der Waals surface area (Å²) >= 11 is 3.28. The molecule has 3 aromatic heterocycles. The van der Waals surface area contributed by atoms with E-state index < -0.39 is 0 Å². The molecule has 8 heteroatoms. The minimum atomic E-state index is -0.224. The van der Waals surface area contributed by atoms with Crippen LogP contribution in [0.5, 0.6) is 0 Å². The third-order valence-electron chi connectivity index (χ3n) is 4.61. The van der Waals surface area contributed by atoms with E-state index in [0.29, 0.717) is 5.69 Å². The van der Waals surface area contributed by atoms with Crippen molar-refractivity contribution in [2.45, 2.75) is 12.8 Å². The van der Waals surface area contributed by atoms with Gasteiger partial charge >= 0.3 is 0 Å². The van der Waals surface area contributed by atoms with Crippen molar-refractivity contribution < 1.29 is 4.79 Å². The molecule has 1 aliphatic rings. The summed E-state index contributed by atoms with van der Waals surface area (Å²) in [5, 5.41) is 13.1. The topological polar surface area (TPSA) is 73.9 Å². The van der Waals surface area contributed by atoms with E-state index in [4.69, 9.17) is 4.98 Å². The first-order valence-corrected chi connectivity index (χ1v) is 10.5. The van der Waals surface area contributed by atoms with E-state index in [-0.39, 0.29) is 5.91 Å². The van der Waals surface area contributed by atoms with Crippen LogP contribution in [0.15, 0.2) is 41.8 Å². The minimum Gasteiger partial charge on any atom is -0.348 e. The van der Waals surface area contributed by atoms with Crippen LogP contribution in [-0.2, 0) is 0 Å². The molecule has 6 nitrogen and oxygen atoms in total. The Morgan fingerprint density at radius 3 is 2.89 bits per heavy atom. The first-order valence-electron chi connectivity index (χ1n) is 8.82. The number of carbonyl (C=O) groups is 1. The zero-order valence-corrected chi connectivity index (χ0v) is 16.1. The number of nitrogens with zero attached hydrogens (tertiary/aromatic N) is 3. The second-order valence-corrected chi connectivity index (χ2v) is 8.43. The average Bonchev–Trinajstić information content (AvgIpc) is 3.48. The monoisotopic (exact) mass is 395 g/mol. The summed E-state index contributed by atoms with van der Waals surface area (Å²) in [5.74, 6) is -0.224. The third-order valence-corrected chi connectivity index (χ3v) is 6.59. The van der Waals surface area contributed by atoms with E-state index in [0.717, 1.165) is 44.7 Å². The summed E-state index contributed by atoms with van der Waals surface area (Å²) in [7, 11) is 0. The van der Waals surface area contributed by atoms with Gasteiger partial charge in [-0.05, 0) is 48.6 Å². The zero-order valence-electron chi connectivity index (χ0n) is 14.4. The van der Waals surface area contributed by atoms with Crippen LogP contribution in [0.1, 0.15) is 23.3 Å². The highest BCUT2D eigenvalue weighted by molar-refractivity contribution is 7.22. The van der Waals surface area contributed by atoms with Crippen molar-refractivity contribution in [2.75, 3.05) is 23.3 Å². The van der Waals surface area contributed by atoms with E-state index >= 15 is 0 Å². The number of rotatable bonds is 4. The van der Waals surface area contributed by atoms with Gasteiger partial charge < -0.3 is 10.2 Å². The number of aromatic nitrogens is 3. The Bertz CT molecular complexity index is 1090. The molecule has 1 amide bonds. The number of thiophene rings is 1. The van der Waals surface area contributed by atoms with Crippen LogP contribution >= 0.6 is 22.7 Å². The molecule has 1 aliphatic heterocycles. The van der Waals surface area contributed by atoms with Gasteiger partial charge in [0.1, 0.15) is 0 Å². The van der Waals surface area contributed by atoms with Crippen molar-refractivity contribution in [3.63, 3.8) is 0 Å². The number of H-pyrrole nitrogens is 1. The Kier molecular flexibility index (Phi) is 4.14. The van der Waals surface area contributed by atoms with Gasteiger partial charge in [0.15, 0.2) is 10.8 Å². The number of hydrogen-bond acceptors (Lipinski definition) is 6. The van der Waals surface area contributed by atoms with Crippen molar-refractivity contribution in [3.05, 3.63) is 47.5 Å². The van der Waals surface area contributed by atoms with E-state index in [1.807, 2.05) is 35.7 Å². The lowest BCUT2D eigenvalue weighted by Crippen LogP contribution is -2.16. The standard InChI is InChI=1S/C19H17N5OS2/c25-18(15-11-14(22-23-15)16-4-3-9-26-16)20-12-5-6-13-17(10-12)27-19(21-13)24-7-1-2-8-24/h3-6,9-11H,1-2,7-8H2,(H,20,25)(H,22,23). The van der Waals surface area contributed by atoms with Crippen molar-refractivity contribution in [2.24, 2.45) is 0 Å². The summed E-state index contributed by atoms with van der Waals surface area (Å²) in [4.78, 5) is 20.6. The molecule has 2 N–H and O–H groups in total. The Labute approximate surface area is 163 Å². The molecule has 1 aromatic carbocycles. The van der Waals surface area contributed by atoms with E-state index in [2.05, 4.69) is 20.4 Å². The molecule has 4 heterocycles. The molecule has 136 valence electrons. The fraction of sp³-hybridized carbons (Fsp3) is 0.211. The molecule has 0 atom stereocenters. The Morgan fingerprint density at radius 2 is 2.07 bits per heavy atom. The number of hydrogen-bond donors (Lipinski definition) is 2. The average molecular weight is 396 g/mol. The van der Waals surface area contributed by atoms with Crippen molar-refractivity contribution in [1.82, 2.24) is 15.2 Å². The first kappa shape index (κ1) is 16.5. The molecule has 0 aliphatic carbocycles. The molecular weight excluding hydrogens is 378 g/mol. The van der Waals surface area contributed by atoms with Crippen LogP contribution in [0.3, 0.4) is 0 Å². The molecule has 4 aromatic rings. The molecule has 0 bridgehead atoms. The van der Waals surface area contributed by atoms with Gasteiger partial charge in [-0.3, -0.25) is 9.89 Å². The van der Waals surface area contributed by atoms with Crippen LogP contribution in [0.2, 0.25) is 0 Å². The van der Waals surface area contributed by atoms with Crippen LogP contribution in [-0.4, -0.2) is 34.2 Å². The minimum absolute atomic E-state index is 0.224. The summed E-state index contributed by atoms with van der Waals surface area (Å²) in [5.41, 5.74) is 2.95. The maximum absolute atomic E-state index is 12.5. The normalized spacial score (nSPS) is 14.1. The van der Waals surface area contributed by atoms with E-state index in [1.165, 1.54) is 12.8 Å². The molecule has 0 spiro atoms. The quantitative estimate of drug-likeness (QED) is 0.530. The number of fused-ring (bicyclic) bond motifs is 1. The molecule has 27 heavy (non-hydrogen) atoms. The lowest BCUT2D eigenvalue weighted by Gasteiger charge is -2.11. The van der Waals surface area contributed by atoms with Gasteiger partial charge in [-0.25, -0.2) is 4.98 Å². The van der Waals surface area contributed by atoms with Crippen LogP contribution < -0.4 is 10.2 Å². The lowest BCUT2D eigenvalue weighted by molar-refractivity contribution is 0.102. The van der Waals surface area contributed by atoms with Gasteiger partial charge in [0.05, 0.1) is 20.8 Å². The van der Waals surface area contributed by atoms with Gasteiger partial charge in [-0.1, -0.05) is 17.4 Å². The number of nitrogens with one attached hydrogen (secondary N) is 2. The first-order chi connectivity index (χ1) is 13.3. The van der Waals surface area contributed by atoms with Crippen LogP contribution in [0.4, 0.5) is 10.8 Å². The molecule has 5 rings (SSSR count). The maximum Gasteiger partial charge on any atom is 0.276 e. The van der Waals surface area contributed by atoms with Crippen molar-refractivity contribution in [1.29, 1.82) is 0 Å². The van der Waals surface area contributed by atoms with E-state index in [9.17, 15) is 4.79 Å². The van der Waals surface area contributed by atoms with Crippen molar-refractivity contribution >= 4 is 49.6 Å². The predicted molar refractivity (Wildman–Crippen MR) is 111 cm³/mol. The largest absolute Gasteiger partial charge is 0.348 e. The number of benzene rings is 1. The zero-order chi connectivity index (χ0) is 18.2. The summed E-state index contributed by atoms with van der Waals surface area (Å²) in [6.07, 6.45) is 2.46. The second kappa shape index (κ2) is 6.79. The molecule has 1 saturated heterocycles. The summed E-state index contributed by atoms with van der Waals surface area (Å²) in [6.45, 7) is 2.16. The Balaban J connectivity index is 1.35. The fourth-order valence-electron chi connectivity index (χ4n) is 3.23. The number of aromatic amines is 1. The number of carbonyl (C=O) groups excluding carboxylic acids is 1. The van der Waals surface area contributed by atoms with Gasteiger partial charge in [0, 0.05) is 18.8 Å². The van der Waals surface area contributed by atoms with Crippen LogP contribution in [0.25, 0.3) is 20.8 Å². The maximum atomic E-state index is 12.5. The molecule has 0 radical (unpaired) electrons. The van der Waals surface area contributed by atoms with Gasteiger partial charge in [-0.15, -0.1) is 11.3 Å².